The zero-order chi connectivity index (χ0) is 20.5. The lowest BCUT2D eigenvalue weighted by atomic mass is 10.1. The first kappa shape index (κ1) is 19.4. The summed E-state index contributed by atoms with van der Waals surface area (Å²) in [6.07, 6.45) is 3.11. The number of benzene rings is 2. The van der Waals surface area contributed by atoms with E-state index in [1.54, 1.807) is 42.5 Å². The van der Waals surface area contributed by atoms with Crippen LogP contribution in [0.2, 0.25) is 10.0 Å². The monoisotopic (exact) mass is 443 g/mol. The van der Waals surface area contributed by atoms with Crippen molar-refractivity contribution in [3.63, 3.8) is 0 Å². The number of pyridine rings is 1. The highest BCUT2D eigenvalue weighted by Gasteiger charge is 2.24. The van der Waals surface area contributed by atoms with Crippen LogP contribution in [0.5, 0.6) is 0 Å². The van der Waals surface area contributed by atoms with Gasteiger partial charge < -0.3 is 10.4 Å². The summed E-state index contributed by atoms with van der Waals surface area (Å²) in [6.45, 7) is 0. The van der Waals surface area contributed by atoms with Gasteiger partial charge in [0.05, 0.1) is 26.0 Å². The van der Waals surface area contributed by atoms with Gasteiger partial charge in [0.15, 0.2) is 5.17 Å². The Labute approximate surface area is 179 Å². The van der Waals surface area contributed by atoms with E-state index in [0.29, 0.717) is 42.3 Å². The van der Waals surface area contributed by atoms with Gasteiger partial charge in [-0.2, -0.15) is 0 Å². The molecule has 29 heavy (non-hydrogen) atoms. The zero-order valence-corrected chi connectivity index (χ0v) is 16.8. The number of aromatic carboxylic acids is 1. The summed E-state index contributed by atoms with van der Waals surface area (Å²) < 4.78 is 0. The summed E-state index contributed by atoms with van der Waals surface area (Å²) in [5.41, 5.74) is 1.76. The van der Waals surface area contributed by atoms with Crippen molar-refractivity contribution in [3.05, 3.63) is 74.7 Å². The Hall–Kier alpha value is -2.87. The molecule has 0 saturated carbocycles. The Bertz CT molecular complexity index is 1220. The smallest absolute Gasteiger partial charge is 0.336 e. The van der Waals surface area contributed by atoms with Gasteiger partial charge in [0.2, 0.25) is 0 Å². The van der Waals surface area contributed by atoms with E-state index in [1.807, 2.05) is 0 Å². The Morgan fingerprint density at radius 1 is 1.17 bits per heavy atom. The van der Waals surface area contributed by atoms with Gasteiger partial charge in [0.1, 0.15) is 5.69 Å². The number of halogens is 2. The van der Waals surface area contributed by atoms with Crippen molar-refractivity contribution < 1.29 is 14.7 Å². The van der Waals surface area contributed by atoms with Gasteiger partial charge in [-0.15, -0.1) is 0 Å². The van der Waals surface area contributed by atoms with E-state index in [0.717, 1.165) is 11.8 Å². The molecule has 1 fully saturated rings. The number of nitrogens with one attached hydrogen (secondary N) is 1. The number of thioether (sulfide) groups is 1. The number of nitrogens with zero attached hydrogens (tertiary/aromatic N) is 2. The number of hydrogen-bond acceptors (Lipinski definition) is 5. The summed E-state index contributed by atoms with van der Waals surface area (Å²) in [4.78, 5) is 32.7. The Balaban J connectivity index is 1.69. The molecule has 2 N–H and O–H groups in total. The number of fused-ring (bicyclic) bond motifs is 1. The molecule has 6 nitrogen and oxygen atoms in total. The second kappa shape index (κ2) is 7.87. The molecule has 2 heterocycles. The van der Waals surface area contributed by atoms with Crippen molar-refractivity contribution >= 4 is 74.7 Å². The maximum Gasteiger partial charge on any atom is 0.336 e. The molecule has 1 aliphatic rings. The average molecular weight is 444 g/mol. The third kappa shape index (κ3) is 3.98. The molecule has 0 atom stereocenters. The van der Waals surface area contributed by atoms with Crippen LogP contribution in [0, 0.1) is 0 Å². The van der Waals surface area contributed by atoms with Crippen molar-refractivity contribution in [1.82, 2.24) is 10.3 Å². The Kier molecular flexibility index (Phi) is 5.27. The first-order chi connectivity index (χ1) is 13.9. The van der Waals surface area contributed by atoms with Crippen molar-refractivity contribution in [2.24, 2.45) is 4.99 Å². The quantitative estimate of drug-likeness (QED) is 0.547. The Morgan fingerprint density at radius 2 is 1.93 bits per heavy atom. The largest absolute Gasteiger partial charge is 0.478 e. The van der Waals surface area contributed by atoms with E-state index in [9.17, 15) is 14.7 Å². The number of aromatic nitrogens is 1. The third-order valence-corrected chi connectivity index (χ3v) is 5.62. The van der Waals surface area contributed by atoms with Crippen LogP contribution in [0.15, 0.2) is 58.6 Å². The van der Waals surface area contributed by atoms with Gasteiger partial charge in [-0.05, 0) is 53.7 Å². The molecule has 0 unspecified atom stereocenters. The van der Waals surface area contributed by atoms with Crippen LogP contribution in [0.1, 0.15) is 15.9 Å². The van der Waals surface area contributed by atoms with Gasteiger partial charge in [0.25, 0.3) is 5.91 Å². The summed E-state index contributed by atoms with van der Waals surface area (Å²) in [6, 6.07) is 11.6. The number of carboxylic acid groups (broad SMARTS) is 1. The molecule has 2 aromatic carbocycles. The molecule has 1 saturated heterocycles. The minimum Gasteiger partial charge on any atom is -0.478 e. The van der Waals surface area contributed by atoms with Crippen LogP contribution >= 0.6 is 35.0 Å². The number of para-hydroxylation sites is 1. The van der Waals surface area contributed by atoms with Crippen LogP contribution in [0.4, 0.5) is 5.69 Å². The van der Waals surface area contributed by atoms with Crippen LogP contribution in [0.3, 0.4) is 0 Å². The normalized spacial score (nSPS) is 16.6. The molecular formula is C20H11Cl2N3O3S. The van der Waals surface area contributed by atoms with Gasteiger partial charge in [-0.25, -0.2) is 9.79 Å². The molecule has 0 spiro atoms. The summed E-state index contributed by atoms with van der Waals surface area (Å²) in [5.74, 6) is -1.36. The molecule has 4 rings (SSSR count). The predicted molar refractivity (Wildman–Crippen MR) is 116 cm³/mol. The average Bonchev–Trinajstić information content (AvgIpc) is 3.03. The summed E-state index contributed by atoms with van der Waals surface area (Å²) in [5, 5.41) is 13.6. The lowest BCUT2D eigenvalue weighted by Gasteiger charge is -2.03. The number of hydrogen-bond donors (Lipinski definition) is 2. The fourth-order valence-corrected chi connectivity index (χ4v) is 4.08. The molecule has 1 amide bonds. The Morgan fingerprint density at radius 3 is 2.66 bits per heavy atom. The van der Waals surface area contributed by atoms with Gasteiger partial charge in [0, 0.05) is 11.6 Å². The van der Waals surface area contributed by atoms with E-state index in [4.69, 9.17) is 23.2 Å². The maximum absolute atomic E-state index is 12.3. The zero-order valence-electron chi connectivity index (χ0n) is 14.5. The minimum atomic E-state index is -1.04. The highest BCUT2D eigenvalue weighted by Crippen LogP contribution is 2.35. The van der Waals surface area contributed by atoms with E-state index in [2.05, 4.69) is 15.3 Å². The molecule has 9 heteroatoms. The number of carbonyl (C=O) groups excluding carboxylic acids is 1. The molecule has 144 valence electrons. The first-order valence-corrected chi connectivity index (χ1v) is 9.85. The van der Waals surface area contributed by atoms with Crippen molar-refractivity contribution in [2.45, 2.75) is 0 Å². The molecule has 1 aliphatic heterocycles. The van der Waals surface area contributed by atoms with Crippen molar-refractivity contribution in [3.8, 4) is 0 Å². The number of carbonyl (C=O) groups is 2. The standard InChI is InChI=1S/C20H11Cl2N3O3S/c21-13-2-1-3-14(22)17(13)24-20-25-18(26)16(29-20)9-10-4-5-15-12(8-10)11(19(27)28)6-7-23-15/h1-9H,(H,27,28)(H,24,25,26)/b16-9-. The van der Waals surface area contributed by atoms with E-state index in [1.165, 1.54) is 12.3 Å². The fourth-order valence-electron chi connectivity index (χ4n) is 2.77. The van der Waals surface area contributed by atoms with Gasteiger partial charge >= 0.3 is 5.97 Å². The minimum absolute atomic E-state index is 0.148. The first-order valence-electron chi connectivity index (χ1n) is 8.28. The molecule has 3 aromatic rings. The number of aliphatic imine (C=N–C) groups is 1. The van der Waals surface area contributed by atoms with E-state index in [-0.39, 0.29) is 11.5 Å². The molecular weight excluding hydrogens is 433 g/mol. The topological polar surface area (TPSA) is 91.7 Å². The number of amides is 1. The summed E-state index contributed by atoms with van der Waals surface area (Å²) in [7, 11) is 0. The third-order valence-electron chi connectivity index (χ3n) is 4.10. The van der Waals surface area contributed by atoms with Crippen LogP contribution in [-0.2, 0) is 4.79 Å². The highest BCUT2D eigenvalue weighted by atomic mass is 35.5. The molecule has 0 radical (unpaired) electrons. The van der Waals surface area contributed by atoms with Crippen LogP contribution in [0.25, 0.3) is 17.0 Å². The maximum atomic E-state index is 12.3. The number of carboxylic acids is 1. The number of rotatable bonds is 3. The van der Waals surface area contributed by atoms with E-state index < -0.39 is 5.97 Å². The molecule has 0 aliphatic carbocycles. The lowest BCUT2D eigenvalue weighted by molar-refractivity contribution is -0.115. The van der Waals surface area contributed by atoms with Crippen LogP contribution in [-0.4, -0.2) is 27.1 Å². The van der Waals surface area contributed by atoms with Gasteiger partial charge in [-0.1, -0.05) is 35.3 Å². The van der Waals surface area contributed by atoms with Crippen molar-refractivity contribution in [1.29, 1.82) is 0 Å². The number of amidine groups is 1. The van der Waals surface area contributed by atoms with Crippen LogP contribution < -0.4 is 5.32 Å². The highest BCUT2D eigenvalue weighted by molar-refractivity contribution is 8.18. The lowest BCUT2D eigenvalue weighted by Crippen LogP contribution is -2.19. The second-order valence-corrected chi connectivity index (χ2v) is 7.84. The predicted octanol–water partition coefficient (Wildman–Crippen LogP) is 5.13. The second-order valence-electron chi connectivity index (χ2n) is 5.99. The fraction of sp³-hybridized carbons (Fsp3) is 0. The molecule has 0 bridgehead atoms. The SMILES string of the molecule is O=C1NC(=Nc2c(Cl)cccc2Cl)S/C1=C\c1ccc2nccc(C(=O)O)c2c1. The summed E-state index contributed by atoms with van der Waals surface area (Å²) >= 11 is 13.4. The van der Waals surface area contributed by atoms with Gasteiger partial charge in [-0.3, -0.25) is 9.78 Å². The molecule has 1 aromatic heterocycles. The van der Waals surface area contributed by atoms with E-state index >= 15 is 0 Å². The van der Waals surface area contributed by atoms with Crippen molar-refractivity contribution in [2.75, 3.05) is 0 Å².